The van der Waals surface area contributed by atoms with Gasteiger partial charge in [0.25, 0.3) is 0 Å². The number of nitrogens with zero attached hydrogens (tertiary/aromatic N) is 1. The molecule has 0 saturated heterocycles. The zero-order valence-electron chi connectivity index (χ0n) is 6.13. The van der Waals surface area contributed by atoms with Gasteiger partial charge in [-0.15, -0.1) is 0 Å². The van der Waals surface area contributed by atoms with Crippen LogP contribution in [-0.4, -0.2) is 39.4 Å². The van der Waals surface area contributed by atoms with Gasteiger partial charge in [0, 0.05) is 20.8 Å². The van der Waals surface area contributed by atoms with Crippen LogP contribution >= 0.6 is 0 Å². The predicted octanol–water partition coefficient (Wildman–Crippen LogP) is -0.518. The first-order valence-corrected chi connectivity index (χ1v) is 3.11. The first-order chi connectivity index (χ1) is 4.88. The highest BCUT2D eigenvalue weighted by Crippen LogP contribution is 2.04. The molecule has 1 rings (SSSR count). The molecule has 4 nitrogen and oxygen atoms in total. The Kier molecular flexibility index (Phi) is 2.65. The fourth-order valence-electron chi connectivity index (χ4n) is 0.892. The Balaban J connectivity index is 2.37. The zero-order valence-corrected chi connectivity index (χ0v) is 6.13. The summed E-state index contributed by atoms with van der Waals surface area (Å²) in [6.07, 6.45) is 2.39. The fraction of sp³-hybridized carbons (Fsp3) is 0.833. The molecule has 0 aliphatic carbocycles. The molecule has 1 N–H and O–H groups in total. The summed E-state index contributed by atoms with van der Waals surface area (Å²) in [6.45, 7) is 0.742. The largest absolute Gasteiger partial charge is 0.365 e. The fourth-order valence-corrected chi connectivity index (χ4v) is 0.892. The molecule has 0 fully saturated rings. The highest BCUT2D eigenvalue weighted by molar-refractivity contribution is 5.57. The van der Waals surface area contributed by atoms with E-state index in [-0.39, 0.29) is 12.3 Å². The smallest absolute Gasteiger partial charge is 0.180 e. The molecule has 0 bridgehead atoms. The first-order valence-electron chi connectivity index (χ1n) is 3.11. The average Bonchev–Trinajstić information content (AvgIpc) is 2.43. The van der Waals surface area contributed by atoms with Gasteiger partial charge in [0.05, 0.1) is 0 Å². The Bertz CT molecular complexity index is 123. The van der Waals surface area contributed by atoms with E-state index in [1.165, 1.54) is 0 Å². The third-order valence-corrected chi connectivity index (χ3v) is 1.40. The van der Waals surface area contributed by atoms with Crippen molar-refractivity contribution in [2.45, 2.75) is 12.3 Å². The van der Waals surface area contributed by atoms with E-state index in [0.29, 0.717) is 0 Å². The van der Waals surface area contributed by atoms with Gasteiger partial charge in [-0.3, -0.25) is 4.99 Å². The van der Waals surface area contributed by atoms with Crippen LogP contribution in [0.3, 0.4) is 0 Å². The Labute approximate surface area is 60.2 Å². The summed E-state index contributed by atoms with van der Waals surface area (Å²) < 4.78 is 9.97. The molecule has 1 aliphatic rings. The number of aliphatic imine (C=N–C) groups is 1. The molecule has 1 heterocycles. The normalized spacial score (nSPS) is 23.7. The van der Waals surface area contributed by atoms with Crippen molar-refractivity contribution in [3.63, 3.8) is 0 Å². The van der Waals surface area contributed by atoms with Crippen LogP contribution in [0, 0.1) is 0 Å². The SMILES string of the molecule is COC(OC)C1CN[C]=N1. The topological polar surface area (TPSA) is 42.9 Å². The number of rotatable bonds is 3. The van der Waals surface area contributed by atoms with E-state index < -0.39 is 0 Å². The summed E-state index contributed by atoms with van der Waals surface area (Å²) in [5.41, 5.74) is 0. The minimum atomic E-state index is -0.248. The Hall–Kier alpha value is -0.610. The van der Waals surface area contributed by atoms with Gasteiger partial charge in [-0.05, 0) is 0 Å². The van der Waals surface area contributed by atoms with Crippen molar-refractivity contribution in [3.05, 3.63) is 0 Å². The second kappa shape index (κ2) is 3.53. The molecule has 1 radical (unpaired) electrons. The molecule has 0 saturated carbocycles. The summed E-state index contributed by atoms with van der Waals surface area (Å²) in [7, 11) is 3.20. The van der Waals surface area contributed by atoms with Crippen molar-refractivity contribution in [2.24, 2.45) is 4.99 Å². The summed E-state index contributed by atoms with van der Waals surface area (Å²) in [5, 5.41) is 2.84. The van der Waals surface area contributed by atoms with E-state index in [1.54, 1.807) is 14.2 Å². The van der Waals surface area contributed by atoms with E-state index in [2.05, 4.69) is 16.6 Å². The second-order valence-corrected chi connectivity index (χ2v) is 2.03. The maximum absolute atomic E-state index is 4.99. The molecule has 1 unspecified atom stereocenters. The summed E-state index contributed by atoms with van der Waals surface area (Å²) in [4.78, 5) is 3.97. The standard InChI is InChI=1S/C6H11N2O2/c1-9-6(10-2)5-3-7-4-8-5/h5-6H,3H2,1-2H3,(H,7,8). The zero-order chi connectivity index (χ0) is 7.40. The molecule has 10 heavy (non-hydrogen) atoms. The molecular formula is C6H11N2O2. The summed E-state index contributed by atoms with van der Waals surface area (Å²) >= 11 is 0. The van der Waals surface area contributed by atoms with Crippen molar-refractivity contribution in [3.8, 4) is 0 Å². The van der Waals surface area contributed by atoms with Gasteiger partial charge < -0.3 is 14.8 Å². The van der Waals surface area contributed by atoms with Crippen LogP contribution in [0.2, 0.25) is 0 Å². The molecule has 0 aromatic rings. The van der Waals surface area contributed by atoms with Gasteiger partial charge >= 0.3 is 0 Å². The molecular weight excluding hydrogens is 132 g/mol. The average molecular weight is 143 g/mol. The molecule has 0 aromatic heterocycles. The van der Waals surface area contributed by atoms with E-state index in [9.17, 15) is 0 Å². The highest BCUT2D eigenvalue weighted by atomic mass is 16.7. The molecule has 4 heteroatoms. The molecule has 57 valence electrons. The van der Waals surface area contributed by atoms with Crippen molar-refractivity contribution in [1.29, 1.82) is 0 Å². The number of hydrogen-bond acceptors (Lipinski definition) is 4. The Morgan fingerprint density at radius 3 is 2.70 bits per heavy atom. The van der Waals surface area contributed by atoms with Gasteiger partial charge in [0.2, 0.25) is 0 Å². The number of nitrogens with one attached hydrogen (secondary N) is 1. The van der Waals surface area contributed by atoms with Crippen LogP contribution in [0.25, 0.3) is 0 Å². The predicted molar refractivity (Wildman–Crippen MR) is 37.0 cm³/mol. The quantitative estimate of drug-likeness (QED) is 0.541. The van der Waals surface area contributed by atoms with E-state index >= 15 is 0 Å². The molecule has 1 atom stereocenters. The lowest BCUT2D eigenvalue weighted by Gasteiger charge is -2.16. The van der Waals surface area contributed by atoms with Crippen LogP contribution in [0.5, 0.6) is 0 Å². The van der Waals surface area contributed by atoms with Crippen LogP contribution < -0.4 is 5.32 Å². The molecule has 1 aliphatic heterocycles. The van der Waals surface area contributed by atoms with Crippen molar-refractivity contribution >= 4 is 6.34 Å². The Morgan fingerprint density at radius 2 is 2.30 bits per heavy atom. The Morgan fingerprint density at radius 1 is 1.60 bits per heavy atom. The molecule has 0 aromatic carbocycles. The van der Waals surface area contributed by atoms with Crippen molar-refractivity contribution < 1.29 is 9.47 Å². The maximum atomic E-state index is 4.99. The van der Waals surface area contributed by atoms with Crippen LogP contribution in [0.4, 0.5) is 0 Å². The lowest BCUT2D eigenvalue weighted by molar-refractivity contribution is -0.113. The second-order valence-electron chi connectivity index (χ2n) is 2.03. The van der Waals surface area contributed by atoms with Crippen molar-refractivity contribution in [1.82, 2.24) is 5.32 Å². The number of ether oxygens (including phenoxy) is 2. The summed E-state index contributed by atoms with van der Waals surface area (Å²) in [6, 6.07) is 0.0509. The van der Waals surface area contributed by atoms with Crippen LogP contribution in [0.15, 0.2) is 4.99 Å². The maximum Gasteiger partial charge on any atom is 0.180 e. The van der Waals surface area contributed by atoms with Gasteiger partial charge in [0.1, 0.15) is 6.04 Å². The lowest BCUT2D eigenvalue weighted by Crippen LogP contribution is -2.31. The van der Waals surface area contributed by atoms with Gasteiger partial charge in [-0.2, -0.15) is 0 Å². The minimum Gasteiger partial charge on any atom is -0.365 e. The minimum absolute atomic E-state index is 0.0509. The van der Waals surface area contributed by atoms with Crippen LogP contribution in [0.1, 0.15) is 0 Å². The molecule has 0 amide bonds. The highest BCUT2D eigenvalue weighted by Gasteiger charge is 2.21. The van der Waals surface area contributed by atoms with Gasteiger partial charge in [-0.25, -0.2) is 0 Å². The number of methoxy groups -OCH3 is 2. The first kappa shape index (κ1) is 7.50. The lowest BCUT2D eigenvalue weighted by atomic mass is 10.3. The summed E-state index contributed by atoms with van der Waals surface area (Å²) in [5.74, 6) is 0. The van der Waals surface area contributed by atoms with Crippen LogP contribution in [-0.2, 0) is 9.47 Å². The van der Waals surface area contributed by atoms with E-state index in [4.69, 9.17) is 9.47 Å². The van der Waals surface area contributed by atoms with Gasteiger partial charge in [-0.1, -0.05) is 0 Å². The molecule has 0 spiro atoms. The van der Waals surface area contributed by atoms with E-state index in [1.807, 2.05) is 0 Å². The third kappa shape index (κ3) is 1.46. The monoisotopic (exact) mass is 143 g/mol. The third-order valence-electron chi connectivity index (χ3n) is 1.40. The van der Waals surface area contributed by atoms with Gasteiger partial charge in [0.15, 0.2) is 12.6 Å². The van der Waals surface area contributed by atoms with E-state index in [0.717, 1.165) is 6.54 Å². The number of hydrogen-bond donors (Lipinski definition) is 1. The van der Waals surface area contributed by atoms with Crippen molar-refractivity contribution in [2.75, 3.05) is 20.8 Å².